The topological polar surface area (TPSA) is 70.2 Å². The summed E-state index contributed by atoms with van der Waals surface area (Å²) in [6, 6.07) is 1.58. The maximum absolute atomic E-state index is 13.8. The first-order valence-electron chi connectivity index (χ1n) is 8.04. The zero-order valence-electron chi connectivity index (χ0n) is 14.5. The SMILES string of the molecule is CC[C@@H](NC(=O)N[C@H](C)CC(=O)NC(C)C)c1cc(F)ccc1F. The molecule has 0 aliphatic carbocycles. The molecule has 0 fully saturated rings. The fourth-order valence-electron chi connectivity index (χ4n) is 2.32. The summed E-state index contributed by atoms with van der Waals surface area (Å²) in [5, 5.41) is 7.97. The number of nitrogens with one attached hydrogen (secondary N) is 3. The second-order valence-electron chi connectivity index (χ2n) is 6.07. The van der Waals surface area contributed by atoms with Crippen molar-refractivity contribution in [1.29, 1.82) is 0 Å². The highest BCUT2D eigenvalue weighted by Crippen LogP contribution is 2.21. The summed E-state index contributed by atoms with van der Waals surface area (Å²) in [6.07, 6.45) is 0.534. The standard InChI is InChI=1S/C17H25F2N3O2/c1-5-15(13-9-12(18)6-7-14(13)19)22-17(24)21-11(4)8-16(23)20-10(2)3/h6-7,9-11,15H,5,8H2,1-4H3,(H,20,23)(H2,21,22,24)/t11-,15-/m1/s1. The van der Waals surface area contributed by atoms with Crippen molar-refractivity contribution in [3.8, 4) is 0 Å². The molecule has 0 aliphatic rings. The van der Waals surface area contributed by atoms with Crippen molar-refractivity contribution in [2.75, 3.05) is 0 Å². The van der Waals surface area contributed by atoms with Crippen molar-refractivity contribution in [3.63, 3.8) is 0 Å². The molecule has 0 aliphatic heterocycles. The van der Waals surface area contributed by atoms with Crippen LogP contribution in [0.5, 0.6) is 0 Å². The Morgan fingerprint density at radius 2 is 1.75 bits per heavy atom. The van der Waals surface area contributed by atoms with Crippen LogP contribution in [0.25, 0.3) is 0 Å². The minimum absolute atomic E-state index is 0.0268. The lowest BCUT2D eigenvalue weighted by atomic mass is 10.0. The maximum atomic E-state index is 13.8. The molecule has 1 rings (SSSR count). The molecule has 0 aromatic heterocycles. The predicted molar refractivity (Wildman–Crippen MR) is 88.4 cm³/mol. The number of hydrogen-bond donors (Lipinski definition) is 3. The Labute approximate surface area is 141 Å². The second-order valence-corrected chi connectivity index (χ2v) is 6.07. The monoisotopic (exact) mass is 341 g/mol. The molecule has 24 heavy (non-hydrogen) atoms. The fourth-order valence-corrected chi connectivity index (χ4v) is 2.32. The average molecular weight is 341 g/mol. The van der Waals surface area contributed by atoms with E-state index in [2.05, 4.69) is 16.0 Å². The van der Waals surface area contributed by atoms with Crippen molar-refractivity contribution in [2.45, 2.75) is 58.7 Å². The van der Waals surface area contributed by atoms with Crippen LogP contribution in [0.1, 0.15) is 52.1 Å². The van der Waals surface area contributed by atoms with Gasteiger partial charge in [-0.1, -0.05) is 6.92 Å². The van der Waals surface area contributed by atoms with Crippen LogP contribution in [0.4, 0.5) is 13.6 Å². The number of amides is 3. The highest BCUT2D eigenvalue weighted by molar-refractivity contribution is 5.79. The van der Waals surface area contributed by atoms with Gasteiger partial charge in [0.15, 0.2) is 0 Å². The maximum Gasteiger partial charge on any atom is 0.315 e. The summed E-state index contributed by atoms with van der Waals surface area (Å²) in [7, 11) is 0. The van der Waals surface area contributed by atoms with Gasteiger partial charge in [-0.15, -0.1) is 0 Å². The van der Waals surface area contributed by atoms with Gasteiger partial charge in [0.1, 0.15) is 11.6 Å². The van der Waals surface area contributed by atoms with Gasteiger partial charge in [0.25, 0.3) is 0 Å². The Hall–Kier alpha value is -2.18. The number of urea groups is 1. The van der Waals surface area contributed by atoms with E-state index in [1.807, 2.05) is 13.8 Å². The van der Waals surface area contributed by atoms with Gasteiger partial charge in [-0.2, -0.15) is 0 Å². The van der Waals surface area contributed by atoms with Gasteiger partial charge >= 0.3 is 6.03 Å². The van der Waals surface area contributed by atoms with Crippen LogP contribution < -0.4 is 16.0 Å². The van der Waals surface area contributed by atoms with Gasteiger partial charge in [-0.05, 0) is 45.4 Å². The molecule has 5 nitrogen and oxygen atoms in total. The van der Waals surface area contributed by atoms with E-state index in [9.17, 15) is 18.4 Å². The third-order valence-electron chi connectivity index (χ3n) is 3.37. The smallest absolute Gasteiger partial charge is 0.315 e. The highest BCUT2D eigenvalue weighted by Gasteiger charge is 2.19. The van der Waals surface area contributed by atoms with Gasteiger partial charge in [-0.3, -0.25) is 4.79 Å². The van der Waals surface area contributed by atoms with Gasteiger partial charge in [0.2, 0.25) is 5.91 Å². The van der Waals surface area contributed by atoms with Gasteiger partial charge < -0.3 is 16.0 Å². The summed E-state index contributed by atoms with van der Waals surface area (Å²) >= 11 is 0. The molecule has 0 heterocycles. The lowest BCUT2D eigenvalue weighted by Gasteiger charge is -2.21. The Bertz CT molecular complexity index is 579. The number of hydrogen-bond acceptors (Lipinski definition) is 2. The van der Waals surface area contributed by atoms with E-state index in [-0.39, 0.29) is 23.9 Å². The minimum atomic E-state index is -0.655. The molecule has 2 atom stereocenters. The first kappa shape index (κ1) is 19.9. The third kappa shape index (κ3) is 6.52. The Morgan fingerprint density at radius 3 is 2.33 bits per heavy atom. The van der Waals surface area contributed by atoms with Gasteiger partial charge in [0.05, 0.1) is 6.04 Å². The highest BCUT2D eigenvalue weighted by atomic mass is 19.1. The zero-order valence-corrected chi connectivity index (χ0v) is 14.5. The molecule has 1 aromatic carbocycles. The summed E-state index contributed by atoms with van der Waals surface area (Å²) in [5.74, 6) is -1.31. The van der Waals surface area contributed by atoms with Crippen molar-refractivity contribution < 1.29 is 18.4 Å². The first-order chi connectivity index (χ1) is 11.2. The number of benzene rings is 1. The quantitative estimate of drug-likeness (QED) is 0.713. The van der Waals surface area contributed by atoms with E-state index in [4.69, 9.17) is 0 Å². The third-order valence-corrected chi connectivity index (χ3v) is 3.37. The van der Waals surface area contributed by atoms with E-state index >= 15 is 0 Å². The number of carbonyl (C=O) groups excluding carboxylic acids is 2. The van der Waals surface area contributed by atoms with Gasteiger partial charge in [0, 0.05) is 24.1 Å². The largest absolute Gasteiger partial charge is 0.354 e. The fraction of sp³-hybridized carbons (Fsp3) is 0.529. The Balaban J connectivity index is 2.61. The van der Waals surface area contributed by atoms with Crippen LogP contribution in [-0.4, -0.2) is 24.0 Å². The van der Waals surface area contributed by atoms with Crippen molar-refractivity contribution in [3.05, 3.63) is 35.4 Å². The van der Waals surface area contributed by atoms with Crippen molar-refractivity contribution in [2.24, 2.45) is 0 Å². The summed E-state index contributed by atoms with van der Waals surface area (Å²) in [5.41, 5.74) is 0.0952. The molecule has 3 amide bonds. The number of rotatable bonds is 7. The van der Waals surface area contributed by atoms with E-state index < -0.39 is 29.7 Å². The average Bonchev–Trinajstić information content (AvgIpc) is 2.46. The van der Waals surface area contributed by atoms with Crippen LogP contribution in [0.15, 0.2) is 18.2 Å². The van der Waals surface area contributed by atoms with E-state index in [1.165, 1.54) is 0 Å². The molecule has 0 saturated heterocycles. The molecule has 3 N–H and O–H groups in total. The number of halogens is 2. The van der Waals surface area contributed by atoms with Crippen molar-refractivity contribution in [1.82, 2.24) is 16.0 Å². The number of carbonyl (C=O) groups is 2. The van der Waals surface area contributed by atoms with E-state index in [1.54, 1.807) is 13.8 Å². The molecule has 0 bridgehead atoms. The molecular weight excluding hydrogens is 316 g/mol. The van der Waals surface area contributed by atoms with Crippen LogP contribution in [0.2, 0.25) is 0 Å². The molecule has 7 heteroatoms. The van der Waals surface area contributed by atoms with Crippen molar-refractivity contribution >= 4 is 11.9 Å². The molecule has 0 radical (unpaired) electrons. The second kappa shape index (κ2) is 9.20. The van der Waals surface area contributed by atoms with Crippen LogP contribution in [0.3, 0.4) is 0 Å². The molecule has 134 valence electrons. The lowest BCUT2D eigenvalue weighted by molar-refractivity contribution is -0.121. The normalized spacial score (nSPS) is 13.3. The Kier molecular flexibility index (Phi) is 7.61. The first-order valence-corrected chi connectivity index (χ1v) is 8.04. The summed E-state index contributed by atoms with van der Waals surface area (Å²) in [4.78, 5) is 23.7. The molecule has 1 aromatic rings. The van der Waals surface area contributed by atoms with Crippen LogP contribution in [-0.2, 0) is 4.79 Å². The minimum Gasteiger partial charge on any atom is -0.354 e. The zero-order chi connectivity index (χ0) is 18.3. The lowest BCUT2D eigenvalue weighted by Crippen LogP contribution is -2.44. The van der Waals surface area contributed by atoms with E-state index in [0.29, 0.717) is 6.42 Å². The predicted octanol–water partition coefficient (Wildman–Crippen LogP) is 3.02. The van der Waals surface area contributed by atoms with Crippen LogP contribution >= 0.6 is 0 Å². The molecule has 0 saturated carbocycles. The summed E-state index contributed by atoms with van der Waals surface area (Å²) in [6.45, 7) is 7.15. The Morgan fingerprint density at radius 1 is 1.08 bits per heavy atom. The van der Waals surface area contributed by atoms with E-state index in [0.717, 1.165) is 18.2 Å². The molecule has 0 unspecified atom stereocenters. The van der Waals surface area contributed by atoms with Crippen LogP contribution in [0, 0.1) is 11.6 Å². The summed E-state index contributed by atoms with van der Waals surface area (Å²) < 4.78 is 27.1. The van der Waals surface area contributed by atoms with Gasteiger partial charge in [-0.25, -0.2) is 13.6 Å². The molecule has 0 spiro atoms. The molecular formula is C17H25F2N3O2.